The Morgan fingerprint density at radius 3 is 2.72 bits per heavy atom. The zero-order valence-corrected chi connectivity index (χ0v) is 10.4. The maximum atomic E-state index is 11.9. The molecule has 5 heteroatoms. The fraction of sp³-hybridized carbons (Fsp3) is 0.385. The Bertz CT molecular complexity index is 499. The lowest BCUT2D eigenvalue weighted by molar-refractivity contribution is -0.140. The van der Waals surface area contributed by atoms with Crippen molar-refractivity contribution < 1.29 is 14.7 Å². The molecule has 2 rings (SSSR count). The molecule has 1 unspecified atom stereocenters. The fourth-order valence-corrected chi connectivity index (χ4v) is 2.06. The van der Waals surface area contributed by atoms with Gasteiger partial charge in [0.25, 0.3) is 0 Å². The quantitative estimate of drug-likeness (QED) is 0.808. The van der Waals surface area contributed by atoms with Crippen LogP contribution in [0.5, 0.6) is 0 Å². The number of aliphatic carboxylic acids is 1. The number of amides is 1. The van der Waals surface area contributed by atoms with Crippen molar-refractivity contribution in [3.05, 3.63) is 29.3 Å². The molecule has 1 amide bonds. The highest BCUT2D eigenvalue weighted by molar-refractivity contribution is 6.01. The van der Waals surface area contributed by atoms with Crippen LogP contribution in [0.1, 0.15) is 11.1 Å². The summed E-state index contributed by atoms with van der Waals surface area (Å²) >= 11 is 0. The van der Waals surface area contributed by atoms with E-state index >= 15 is 0 Å². The van der Waals surface area contributed by atoms with Gasteiger partial charge in [-0.05, 0) is 37.1 Å². The number of rotatable bonds is 2. The first-order valence-electron chi connectivity index (χ1n) is 5.83. The molecule has 1 aliphatic rings. The topological polar surface area (TPSA) is 69.6 Å². The number of nitrogens with one attached hydrogen (secondary N) is 1. The maximum Gasteiger partial charge on any atom is 0.328 e. The van der Waals surface area contributed by atoms with Gasteiger partial charge in [0.05, 0.1) is 6.54 Å². The minimum atomic E-state index is -0.992. The molecule has 0 bridgehead atoms. The molecule has 2 N–H and O–H groups in total. The van der Waals surface area contributed by atoms with Gasteiger partial charge in [-0.3, -0.25) is 9.69 Å². The zero-order valence-electron chi connectivity index (χ0n) is 10.4. The van der Waals surface area contributed by atoms with Crippen LogP contribution >= 0.6 is 0 Å². The fourth-order valence-electron chi connectivity index (χ4n) is 2.06. The highest BCUT2D eigenvalue weighted by Crippen LogP contribution is 2.22. The SMILES string of the molecule is Cc1ccc(N2C(=O)CNCC2C(=O)O)cc1C. The number of carboxylic acids is 1. The highest BCUT2D eigenvalue weighted by Gasteiger charge is 2.34. The highest BCUT2D eigenvalue weighted by atomic mass is 16.4. The molecule has 18 heavy (non-hydrogen) atoms. The molecule has 1 saturated heterocycles. The molecule has 0 aliphatic carbocycles. The molecule has 1 fully saturated rings. The molecule has 0 aromatic heterocycles. The molecule has 0 spiro atoms. The van der Waals surface area contributed by atoms with Crippen molar-refractivity contribution in [3.8, 4) is 0 Å². The Morgan fingerprint density at radius 2 is 2.11 bits per heavy atom. The Labute approximate surface area is 105 Å². The smallest absolute Gasteiger partial charge is 0.328 e. The van der Waals surface area contributed by atoms with Crippen molar-refractivity contribution in [3.63, 3.8) is 0 Å². The second-order valence-corrected chi connectivity index (χ2v) is 4.52. The van der Waals surface area contributed by atoms with Crippen molar-refractivity contribution >= 4 is 17.6 Å². The molecule has 1 atom stereocenters. The third-order valence-electron chi connectivity index (χ3n) is 3.25. The monoisotopic (exact) mass is 248 g/mol. The van der Waals surface area contributed by atoms with Gasteiger partial charge in [0, 0.05) is 12.2 Å². The van der Waals surface area contributed by atoms with E-state index in [4.69, 9.17) is 0 Å². The Kier molecular flexibility index (Phi) is 3.34. The summed E-state index contributed by atoms with van der Waals surface area (Å²) in [4.78, 5) is 24.5. The summed E-state index contributed by atoms with van der Waals surface area (Å²) in [6.45, 7) is 4.37. The van der Waals surface area contributed by atoms with Crippen LogP contribution in [0.2, 0.25) is 0 Å². The Balaban J connectivity index is 2.40. The number of carboxylic acid groups (broad SMARTS) is 1. The summed E-state index contributed by atoms with van der Waals surface area (Å²) in [7, 11) is 0. The molecule has 5 nitrogen and oxygen atoms in total. The number of aryl methyl sites for hydroxylation is 2. The lowest BCUT2D eigenvalue weighted by Crippen LogP contribution is -2.58. The Morgan fingerprint density at radius 1 is 1.39 bits per heavy atom. The van der Waals surface area contributed by atoms with Crippen molar-refractivity contribution in [2.75, 3.05) is 18.0 Å². The number of nitrogens with zero attached hydrogens (tertiary/aromatic N) is 1. The van der Waals surface area contributed by atoms with Gasteiger partial charge in [-0.15, -0.1) is 0 Å². The standard InChI is InChI=1S/C13H16N2O3/c1-8-3-4-10(5-9(8)2)15-11(13(17)18)6-14-7-12(15)16/h3-5,11,14H,6-7H2,1-2H3,(H,17,18). The second-order valence-electron chi connectivity index (χ2n) is 4.52. The van der Waals surface area contributed by atoms with Gasteiger partial charge in [-0.2, -0.15) is 0 Å². The number of benzene rings is 1. The van der Waals surface area contributed by atoms with Crippen LogP contribution in [0.15, 0.2) is 18.2 Å². The predicted octanol–water partition coefficient (Wildman–Crippen LogP) is 0.693. The summed E-state index contributed by atoms with van der Waals surface area (Å²) in [5, 5.41) is 12.0. The predicted molar refractivity (Wildman–Crippen MR) is 67.7 cm³/mol. The third kappa shape index (κ3) is 2.22. The van der Waals surface area contributed by atoms with Crippen LogP contribution in [0.25, 0.3) is 0 Å². The number of piperazine rings is 1. The summed E-state index contributed by atoms with van der Waals surface area (Å²) in [6.07, 6.45) is 0. The van der Waals surface area contributed by atoms with E-state index in [1.54, 1.807) is 6.07 Å². The van der Waals surface area contributed by atoms with Crippen molar-refractivity contribution in [1.29, 1.82) is 0 Å². The van der Waals surface area contributed by atoms with Gasteiger partial charge in [0.1, 0.15) is 6.04 Å². The van der Waals surface area contributed by atoms with E-state index in [1.165, 1.54) is 4.90 Å². The molecule has 1 aromatic carbocycles. The average Bonchev–Trinajstić information content (AvgIpc) is 2.32. The zero-order chi connectivity index (χ0) is 13.3. The molecular weight excluding hydrogens is 232 g/mol. The van der Waals surface area contributed by atoms with Crippen molar-refractivity contribution in [2.24, 2.45) is 0 Å². The van der Waals surface area contributed by atoms with Crippen LogP contribution in [0.4, 0.5) is 5.69 Å². The van der Waals surface area contributed by atoms with Crippen LogP contribution in [-0.2, 0) is 9.59 Å². The number of anilines is 1. The van der Waals surface area contributed by atoms with Crippen molar-refractivity contribution in [1.82, 2.24) is 5.32 Å². The van der Waals surface area contributed by atoms with E-state index in [0.29, 0.717) is 5.69 Å². The largest absolute Gasteiger partial charge is 0.480 e. The molecule has 1 heterocycles. The van der Waals surface area contributed by atoms with Crippen LogP contribution in [0.3, 0.4) is 0 Å². The lowest BCUT2D eigenvalue weighted by Gasteiger charge is -2.33. The molecular formula is C13H16N2O3. The van der Waals surface area contributed by atoms with Crippen LogP contribution in [0, 0.1) is 13.8 Å². The maximum absolute atomic E-state index is 11.9. The lowest BCUT2D eigenvalue weighted by atomic mass is 10.1. The van der Waals surface area contributed by atoms with E-state index in [9.17, 15) is 14.7 Å². The number of carbonyl (C=O) groups is 2. The van der Waals surface area contributed by atoms with Gasteiger partial charge in [-0.25, -0.2) is 4.79 Å². The van der Waals surface area contributed by atoms with Gasteiger partial charge >= 0.3 is 5.97 Å². The minimum absolute atomic E-state index is 0.177. The summed E-state index contributed by atoms with van der Waals surface area (Å²) in [5.74, 6) is -1.20. The van der Waals surface area contributed by atoms with Gasteiger partial charge in [0.2, 0.25) is 5.91 Å². The van der Waals surface area contributed by atoms with Crippen LogP contribution in [-0.4, -0.2) is 36.1 Å². The second kappa shape index (κ2) is 4.78. The minimum Gasteiger partial charge on any atom is -0.480 e. The first kappa shape index (κ1) is 12.6. The first-order valence-corrected chi connectivity index (χ1v) is 5.83. The first-order chi connectivity index (χ1) is 8.50. The number of hydrogen-bond donors (Lipinski definition) is 2. The van der Waals surface area contributed by atoms with E-state index < -0.39 is 12.0 Å². The molecule has 1 aliphatic heterocycles. The number of hydrogen-bond acceptors (Lipinski definition) is 3. The van der Waals surface area contributed by atoms with Gasteiger partial charge < -0.3 is 10.4 Å². The average molecular weight is 248 g/mol. The number of carbonyl (C=O) groups excluding carboxylic acids is 1. The van der Waals surface area contributed by atoms with E-state index in [2.05, 4.69) is 5.32 Å². The molecule has 1 aromatic rings. The van der Waals surface area contributed by atoms with E-state index in [-0.39, 0.29) is 19.0 Å². The van der Waals surface area contributed by atoms with Gasteiger partial charge in [-0.1, -0.05) is 6.07 Å². The van der Waals surface area contributed by atoms with Crippen molar-refractivity contribution in [2.45, 2.75) is 19.9 Å². The molecule has 0 saturated carbocycles. The summed E-state index contributed by atoms with van der Waals surface area (Å²) in [6, 6.07) is 4.71. The Hall–Kier alpha value is -1.88. The van der Waals surface area contributed by atoms with Gasteiger partial charge in [0.15, 0.2) is 0 Å². The summed E-state index contributed by atoms with van der Waals surface area (Å²) in [5.41, 5.74) is 2.81. The molecule has 0 radical (unpaired) electrons. The third-order valence-corrected chi connectivity index (χ3v) is 3.25. The summed E-state index contributed by atoms with van der Waals surface area (Å²) < 4.78 is 0. The van der Waals surface area contributed by atoms with Crippen LogP contribution < -0.4 is 10.2 Å². The molecule has 96 valence electrons. The normalized spacial score (nSPS) is 20.0. The van der Waals surface area contributed by atoms with E-state index in [0.717, 1.165) is 11.1 Å². The van der Waals surface area contributed by atoms with E-state index in [1.807, 2.05) is 26.0 Å².